The van der Waals surface area contributed by atoms with Crippen molar-refractivity contribution in [3.8, 4) is 0 Å². The number of hydrogen-bond donors (Lipinski definition) is 1. The predicted octanol–water partition coefficient (Wildman–Crippen LogP) is 3.55. The monoisotopic (exact) mass is 301 g/mol. The van der Waals surface area contributed by atoms with E-state index in [1.165, 1.54) is 22.3 Å². The molecule has 0 aromatic rings. The van der Waals surface area contributed by atoms with Crippen molar-refractivity contribution in [1.82, 2.24) is 5.32 Å². The van der Waals surface area contributed by atoms with Gasteiger partial charge in [0.15, 0.2) is 5.78 Å². The van der Waals surface area contributed by atoms with Gasteiger partial charge in [-0.15, -0.1) is 0 Å². The first kappa shape index (κ1) is 15.5. The number of carbonyl (C=O) groups is 2. The molecule has 0 radical (unpaired) electrons. The van der Waals surface area contributed by atoms with Gasteiger partial charge in [0.25, 0.3) is 0 Å². The van der Waals surface area contributed by atoms with E-state index in [-0.39, 0.29) is 23.5 Å². The lowest BCUT2D eigenvalue weighted by molar-refractivity contribution is -0.146. The maximum atomic E-state index is 12.7. The minimum absolute atomic E-state index is 0.0485. The lowest BCUT2D eigenvalue weighted by Crippen LogP contribution is -2.68. The van der Waals surface area contributed by atoms with Crippen molar-refractivity contribution >= 4 is 11.7 Å². The van der Waals surface area contributed by atoms with E-state index in [0.29, 0.717) is 12.3 Å². The van der Waals surface area contributed by atoms with E-state index in [9.17, 15) is 9.59 Å². The van der Waals surface area contributed by atoms with Gasteiger partial charge in [-0.1, -0.05) is 22.3 Å². The highest BCUT2D eigenvalue weighted by Crippen LogP contribution is 2.51. The van der Waals surface area contributed by atoms with Crippen molar-refractivity contribution in [3.05, 3.63) is 22.3 Å². The van der Waals surface area contributed by atoms with Gasteiger partial charge in [-0.05, 0) is 72.1 Å². The smallest absolute Gasteiger partial charge is 0.224 e. The maximum absolute atomic E-state index is 12.7. The quantitative estimate of drug-likeness (QED) is 0.753. The normalized spacial score (nSPS) is 38.4. The molecule has 1 heterocycles. The Morgan fingerprint density at radius 3 is 2.23 bits per heavy atom. The summed E-state index contributed by atoms with van der Waals surface area (Å²) in [5.74, 6) is 0.826. The van der Waals surface area contributed by atoms with Gasteiger partial charge in [-0.25, -0.2) is 0 Å². The van der Waals surface area contributed by atoms with Crippen molar-refractivity contribution in [1.29, 1.82) is 0 Å². The molecule has 1 amide bonds. The Hall–Kier alpha value is -1.38. The highest BCUT2D eigenvalue weighted by atomic mass is 16.2. The Bertz CT molecular complexity index is 613. The summed E-state index contributed by atoms with van der Waals surface area (Å²) in [6, 6.07) is 0. The van der Waals surface area contributed by atoms with Crippen LogP contribution in [0.4, 0.5) is 0 Å². The summed E-state index contributed by atoms with van der Waals surface area (Å²) in [4.78, 5) is 25.3. The fraction of sp³-hybridized carbons (Fsp3) is 0.684. The Kier molecular flexibility index (Phi) is 3.58. The average molecular weight is 301 g/mol. The number of piperidine rings is 1. The van der Waals surface area contributed by atoms with Crippen molar-refractivity contribution < 1.29 is 9.59 Å². The van der Waals surface area contributed by atoms with E-state index >= 15 is 0 Å². The third-order valence-electron chi connectivity index (χ3n) is 6.57. The zero-order chi connectivity index (χ0) is 16.2. The Labute approximate surface area is 133 Å². The highest BCUT2D eigenvalue weighted by Gasteiger charge is 2.57. The van der Waals surface area contributed by atoms with Gasteiger partial charge in [0.2, 0.25) is 5.91 Å². The largest absolute Gasteiger partial charge is 0.343 e. The molecule has 0 spiro atoms. The number of amides is 1. The van der Waals surface area contributed by atoms with Gasteiger partial charge in [-0.2, -0.15) is 0 Å². The van der Waals surface area contributed by atoms with Crippen LogP contribution in [0.15, 0.2) is 22.3 Å². The number of rotatable bonds is 1. The molecule has 3 aliphatic rings. The maximum Gasteiger partial charge on any atom is 0.224 e. The topological polar surface area (TPSA) is 46.2 Å². The summed E-state index contributed by atoms with van der Waals surface area (Å²) >= 11 is 0. The molecule has 0 saturated carbocycles. The van der Waals surface area contributed by atoms with Gasteiger partial charge >= 0.3 is 0 Å². The van der Waals surface area contributed by atoms with Crippen LogP contribution in [0.2, 0.25) is 0 Å². The second kappa shape index (κ2) is 5.07. The molecule has 120 valence electrons. The molecule has 0 aromatic carbocycles. The molecule has 1 fully saturated rings. The van der Waals surface area contributed by atoms with Crippen molar-refractivity contribution in [3.63, 3.8) is 0 Å². The van der Waals surface area contributed by atoms with E-state index in [2.05, 4.69) is 33.0 Å². The molecule has 0 aromatic heterocycles. The van der Waals surface area contributed by atoms with Crippen LogP contribution < -0.4 is 5.32 Å². The first-order chi connectivity index (χ1) is 10.3. The molecular weight excluding hydrogens is 274 g/mol. The molecule has 3 nitrogen and oxygen atoms in total. The molecular formula is C19H27NO2. The first-order valence-electron chi connectivity index (χ1n) is 8.39. The summed E-state index contributed by atoms with van der Waals surface area (Å²) in [7, 11) is 0. The third-order valence-corrected chi connectivity index (χ3v) is 6.57. The van der Waals surface area contributed by atoms with E-state index in [0.717, 1.165) is 19.3 Å². The van der Waals surface area contributed by atoms with E-state index < -0.39 is 5.54 Å². The minimum atomic E-state index is -0.659. The van der Waals surface area contributed by atoms with Gasteiger partial charge in [0.05, 0.1) is 0 Å². The van der Waals surface area contributed by atoms with Gasteiger partial charge in [0.1, 0.15) is 5.54 Å². The summed E-state index contributed by atoms with van der Waals surface area (Å²) < 4.78 is 0. The summed E-state index contributed by atoms with van der Waals surface area (Å²) in [6.45, 7) is 10.3. The minimum Gasteiger partial charge on any atom is -0.343 e. The molecule has 2 aliphatic carbocycles. The number of allylic oxidation sites excluding steroid dienone is 3. The second-order valence-corrected chi connectivity index (χ2v) is 7.80. The van der Waals surface area contributed by atoms with E-state index in [1.807, 2.05) is 0 Å². The number of fused-ring (bicyclic) bond motifs is 3. The van der Waals surface area contributed by atoms with Gasteiger partial charge < -0.3 is 5.32 Å². The molecule has 1 saturated heterocycles. The van der Waals surface area contributed by atoms with Crippen molar-refractivity contribution in [2.75, 3.05) is 0 Å². The zero-order valence-electron chi connectivity index (χ0n) is 14.4. The summed E-state index contributed by atoms with van der Waals surface area (Å²) in [5.41, 5.74) is 4.78. The van der Waals surface area contributed by atoms with E-state index in [1.54, 1.807) is 6.92 Å². The van der Waals surface area contributed by atoms with Crippen LogP contribution in [0, 0.1) is 17.8 Å². The molecule has 22 heavy (non-hydrogen) atoms. The van der Waals surface area contributed by atoms with Gasteiger partial charge in [-0.3, -0.25) is 9.59 Å². The zero-order valence-corrected chi connectivity index (χ0v) is 14.4. The van der Waals surface area contributed by atoms with Crippen LogP contribution in [-0.2, 0) is 9.59 Å². The fourth-order valence-electron chi connectivity index (χ4n) is 4.85. The van der Waals surface area contributed by atoms with E-state index in [4.69, 9.17) is 0 Å². The van der Waals surface area contributed by atoms with Crippen LogP contribution in [-0.4, -0.2) is 17.2 Å². The first-order valence-corrected chi connectivity index (χ1v) is 8.39. The lowest BCUT2D eigenvalue weighted by Gasteiger charge is -2.54. The molecule has 1 aliphatic heterocycles. The summed E-state index contributed by atoms with van der Waals surface area (Å²) in [6.07, 6.45) is 3.46. The van der Waals surface area contributed by atoms with Crippen LogP contribution >= 0.6 is 0 Å². The van der Waals surface area contributed by atoms with Crippen molar-refractivity contribution in [2.24, 2.45) is 17.8 Å². The Morgan fingerprint density at radius 2 is 1.59 bits per heavy atom. The lowest BCUT2D eigenvalue weighted by atomic mass is 9.55. The van der Waals surface area contributed by atoms with Crippen LogP contribution in [0.5, 0.6) is 0 Å². The third kappa shape index (κ3) is 2.09. The number of nitrogens with one attached hydrogen (secondary N) is 1. The molecule has 3 heteroatoms. The van der Waals surface area contributed by atoms with Crippen molar-refractivity contribution in [2.45, 2.75) is 65.8 Å². The molecule has 3 rings (SSSR count). The molecule has 0 bridgehead atoms. The van der Waals surface area contributed by atoms with Crippen LogP contribution in [0.1, 0.15) is 60.3 Å². The molecule has 1 N–H and O–H groups in total. The molecule has 0 unspecified atom stereocenters. The summed E-state index contributed by atoms with van der Waals surface area (Å²) in [5, 5.41) is 3.17. The number of Topliss-reactive ketones (excluding diaryl/α,β-unsaturated/α-hetero) is 1. The SMILES string of the molecule is CC(=O)[C@]12CC(C)=C(C)C[C@H]1[C@@H]1CC(C)=C(C)C[C@@H]1C(=O)N2. The number of carbonyl (C=O) groups excluding carboxylic acids is 2. The average Bonchev–Trinajstić information content (AvgIpc) is 2.43. The number of hydrogen-bond acceptors (Lipinski definition) is 2. The number of ketones is 1. The molecule has 4 atom stereocenters. The highest BCUT2D eigenvalue weighted by molar-refractivity contribution is 5.94. The van der Waals surface area contributed by atoms with Crippen LogP contribution in [0.25, 0.3) is 0 Å². The van der Waals surface area contributed by atoms with Gasteiger partial charge in [0, 0.05) is 5.92 Å². The van der Waals surface area contributed by atoms with Crippen LogP contribution in [0.3, 0.4) is 0 Å². The Balaban J connectivity index is 2.08. The Morgan fingerprint density at radius 1 is 1.00 bits per heavy atom. The standard InChI is InChI=1S/C19H27NO2/c1-10-6-15-16(7-11(10)2)18(22)20-19(14(5)21)9-13(4)12(3)8-17(15)19/h15-17H,6-9H2,1-5H3,(H,20,22)/t15-,16+,17+,19-/m1/s1. The second-order valence-electron chi connectivity index (χ2n) is 7.80. The predicted molar refractivity (Wildman–Crippen MR) is 87.2 cm³/mol. The fourth-order valence-corrected chi connectivity index (χ4v) is 4.85.